The van der Waals surface area contributed by atoms with E-state index in [-0.39, 0.29) is 6.04 Å². The molecule has 0 saturated carbocycles. The molecule has 0 amide bonds. The van der Waals surface area contributed by atoms with Crippen LogP contribution >= 0.6 is 0 Å². The van der Waals surface area contributed by atoms with E-state index in [9.17, 15) is 0 Å². The molecule has 17 heavy (non-hydrogen) atoms. The molecule has 1 atom stereocenters. The van der Waals surface area contributed by atoms with Crippen molar-refractivity contribution in [2.75, 3.05) is 11.9 Å². The summed E-state index contributed by atoms with van der Waals surface area (Å²) in [7, 11) is 1.98. The number of pyridine rings is 1. The van der Waals surface area contributed by atoms with Crippen molar-refractivity contribution in [2.24, 2.45) is 5.73 Å². The van der Waals surface area contributed by atoms with Crippen LogP contribution in [0, 0.1) is 0 Å². The van der Waals surface area contributed by atoms with E-state index in [4.69, 9.17) is 10.2 Å². The highest BCUT2D eigenvalue weighted by molar-refractivity contribution is 5.41. The van der Waals surface area contributed by atoms with E-state index in [1.54, 1.807) is 12.5 Å². The van der Waals surface area contributed by atoms with Crippen LogP contribution in [0.4, 0.5) is 5.82 Å². The predicted octanol–water partition coefficient (Wildman–Crippen LogP) is 2.33. The number of nitrogens with zero attached hydrogens (tertiary/aromatic N) is 2. The van der Waals surface area contributed by atoms with Gasteiger partial charge in [0.15, 0.2) is 0 Å². The summed E-state index contributed by atoms with van der Waals surface area (Å²) in [6.45, 7) is 2.66. The Morgan fingerprint density at radius 2 is 2.29 bits per heavy atom. The zero-order valence-corrected chi connectivity index (χ0v) is 10.1. The molecule has 0 unspecified atom stereocenters. The number of nitrogens with two attached hydrogens (primary N) is 1. The van der Waals surface area contributed by atoms with Gasteiger partial charge in [-0.25, -0.2) is 4.98 Å². The van der Waals surface area contributed by atoms with Crippen molar-refractivity contribution < 1.29 is 4.42 Å². The summed E-state index contributed by atoms with van der Waals surface area (Å²) in [4.78, 5) is 6.36. The molecule has 2 aromatic heterocycles. The average Bonchev–Trinajstić information content (AvgIpc) is 2.82. The molecule has 2 heterocycles. The lowest BCUT2D eigenvalue weighted by Crippen LogP contribution is -2.18. The smallest absolute Gasteiger partial charge is 0.128 e. The van der Waals surface area contributed by atoms with Gasteiger partial charge >= 0.3 is 0 Å². The highest BCUT2D eigenvalue weighted by Gasteiger charge is 2.07. The van der Waals surface area contributed by atoms with Crippen LogP contribution in [0.1, 0.15) is 24.3 Å². The molecule has 0 aliphatic rings. The largest absolute Gasteiger partial charge is 0.467 e. The minimum atomic E-state index is 0.0220. The van der Waals surface area contributed by atoms with Crippen molar-refractivity contribution in [1.82, 2.24) is 4.98 Å². The van der Waals surface area contributed by atoms with Gasteiger partial charge in [0.25, 0.3) is 0 Å². The summed E-state index contributed by atoms with van der Waals surface area (Å²) in [6.07, 6.45) is 3.46. The van der Waals surface area contributed by atoms with Crippen molar-refractivity contribution in [3.05, 3.63) is 48.0 Å². The first kappa shape index (κ1) is 11.7. The molecule has 0 aromatic carbocycles. The van der Waals surface area contributed by atoms with Crippen LogP contribution in [0.15, 0.2) is 41.1 Å². The zero-order valence-electron chi connectivity index (χ0n) is 10.1. The number of anilines is 1. The molecular formula is C13H17N3O. The molecule has 0 fully saturated rings. The van der Waals surface area contributed by atoms with Crippen LogP contribution < -0.4 is 10.6 Å². The maximum atomic E-state index is 5.85. The third kappa shape index (κ3) is 2.85. The molecule has 2 rings (SSSR count). The van der Waals surface area contributed by atoms with Gasteiger partial charge < -0.3 is 15.1 Å². The van der Waals surface area contributed by atoms with Gasteiger partial charge in [0.05, 0.1) is 12.8 Å². The number of furan rings is 1. The second-order valence-electron chi connectivity index (χ2n) is 4.17. The molecular weight excluding hydrogens is 214 g/mol. The minimum absolute atomic E-state index is 0.0220. The monoisotopic (exact) mass is 231 g/mol. The standard InChI is InChI=1S/C13H17N3O/c1-10(14)11-5-6-15-13(8-11)16(2)9-12-4-3-7-17-12/h3-8,10H,9,14H2,1-2H3/t10-/m1/s1. The number of hydrogen-bond donors (Lipinski definition) is 1. The molecule has 4 heteroatoms. The lowest BCUT2D eigenvalue weighted by molar-refractivity contribution is 0.507. The van der Waals surface area contributed by atoms with Gasteiger partial charge in [0.2, 0.25) is 0 Å². The minimum Gasteiger partial charge on any atom is -0.467 e. The molecule has 0 aliphatic carbocycles. The molecule has 2 aromatic rings. The number of rotatable bonds is 4. The topological polar surface area (TPSA) is 55.3 Å². The van der Waals surface area contributed by atoms with Gasteiger partial charge in [-0.2, -0.15) is 0 Å². The Balaban J connectivity index is 2.13. The lowest BCUT2D eigenvalue weighted by atomic mass is 10.1. The average molecular weight is 231 g/mol. The first-order valence-corrected chi connectivity index (χ1v) is 5.62. The third-order valence-electron chi connectivity index (χ3n) is 2.66. The van der Waals surface area contributed by atoms with Crippen LogP contribution in [0.25, 0.3) is 0 Å². The van der Waals surface area contributed by atoms with E-state index >= 15 is 0 Å². The first-order valence-electron chi connectivity index (χ1n) is 5.62. The summed E-state index contributed by atoms with van der Waals surface area (Å²) in [5, 5.41) is 0. The molecule has 2 N–H and O–H groups in total. The Morgan fingerprint density at radius 1 is 1.47 bits per heavy atom. The Bertz CT molecular complexity index is 465. The Labute approximate surface area is 101 Å². The van der Waals surface area contributed by atoms with Crippen molar-refractivity contribution in [3.63, 3.8) is 0 Å². The molecule has 0 spiro atoms. The molecule has 0 radical (unpaired) electrons. The summed E-state index contributed by atoms with van der Waals surface area (Å²) in [6, 6.07) is 7.80. The summed E-state index contributed by atoms with van der Waals surface area (Å²) >= 11 is 0. The Morgan fingerprint density at radius 3 is 2.94 bits per heavy atom. The molecule has 4 nitrogen and oxygen atoms in total. The predicted molar refractivity (Wildman–Crippen MR) is 67.7 cm³/mol. The van der Waals surface area contributed by atoms with Gasteiger partial charge in [-0.05, 0) is 36.8 Å². The molecule has 0 aliphatic heterocycles. The maximum absolute atomic E-state index is 5.85. The van der Waals surface area contributed by atoms with E-state index < -0.39 is 0 Å². The van der Waals surface area contributed by atoms with E-state index in [0.29, 0.717) is 6.54 Å². The maximum Gasteiger partial charge on any atom is 0.128 e. The fourth-order valence-corrected chi connectivity index (χ4v) is 1.64. The number of hydrogen-bond acceptors (Lipinski definition) is 4. The van der Waals surface area contributed by atoms with E-state index in [1.165, 1.54) is 0 Å². The summed E-state index contributed by atoms with van der Waals surface area (Å²) in [5.74, 6) is 1.82. The van der Waals surface area contributed by atoms with Gasteiger partial charge in [-0.15, -0.1) is 0 Å². The van der Waals surface area contributed by atoms with Crippen LogP contribution in [0.5, 0.6) is 0 Å². The highest BCUT2D eigenvalue weighted by atomic mass is 16.3. The van der Waals surface area contributed by atoms with Crippen molar-refractivity contribution in [3.8, 4) is 0 Å². The van der Waals surface area contributed by atoms with E-state index in [1.807, 2.05) is 43.1 Å². The number of aromatic nitrogens is 1. The van der Waals surface area contributed by atoms with Gasteiger partial charge in [-0.1, -0.05) is 0 Å². The van der Waals surface area contributed by atoms with E-state index in [0.717, 1.165) is 17.1 Å². The quantitative estimate of drug-likeness (QED) is 0.877. The van der Waals surface area contributed by atoms with Crippen LogP contribution in [-0.4, -0.2) is 12.0 Å². The fraction of sp³-hybridized carbons (Fsp3) is 0.308. The van der Waals surface area contributed by atoms with Crippen molar-refractivity contribution in [1.29, 1.82) is 0 Å². The van der Waals surface area contributed by atoms with Crippen LogP contribution in [-0.2, 0) is 6.54 Å². The highest BCUT2D eigenvalue weighted by Crippen LogP contribution is 2.17. The molecule has 90 valence electrons. The molecule has 0 bridgehead atoms. The second kappa shape index (κ2) is 5.01. The normalized spacial score (nSPS) is 12.4. The van der Waals surface area contributed by atoms with Crippen LogP contribution in [0.2, 0.25) is 0 Å². The Kier molecular flexibility index (Phi) is 3.44. The Hall–Kier alpha value is -1.81. The first-order chi connectivity index (χ1) is 8.16. The van der Waals surface area contributed by atoms with Gasteiger partial charge in [-0.3, -0.25) is 0 Å². The SMILES string of the molecule is C[C@@H](N)c1ccnc(N(C)Cc2ccco2)c1. The van der Waals surface area contributed by atoms with Gasteiger partial charge in [0.1, 0.15) is 11.6 Å². The summed E-state index contributed by atoms with van der Waals surface area (Å²) in [5.41, 5.74) is 6.94. The van der Waals surface area contributed by atoms with Crippen LogP contribution in [0.3, 0.4) is 0 Å². The fourth-order valence-electron chi connectivity index (χ4n) is 1.64. The molecule has 0 saturated heterocycles. The second-order valence-corrected chi connectivity index (χ2v) is 4.17. The van der Waals surface area contributed by atoms with E-state index in [2.05, 4.69) is 4.98 Å². The summed E-state index contributed by atoms with van der Waals surface area (Å²) < 4.78 is 5.31. The third-order valence-corrected chi connectivity index (χ3v) is 2.66. The van der Waals surface area contributed by atoms with Crippen molar-refractivity contribution >= 4 is 5.82 Å². The van der Waals surface area contributed by atoms with Crippen molar-refractivity contribution in [2.45, 2.75) is 19.5 Å². The lowest BCUT2D eigenvalue weighted by Gasteiger charge is -2.18. The zero-order chi connectivity index (χ0) is 12.3. The van der Waals surface area contributed by atoms with Gasteiger partial charge in [0, 0.05) is 19.3 Å².